The second-order valence-corrected chi connectivity index (χ2v) is 8.21. The van der Waals surface area contributed by atoms with Crippen LogP contribution in [0.1, 0.15) is 43.8 Å². The van der Waals surface area contributed by atoms with E-state index >= 15 is 0 Å². The lowest BCUT2D eigenvalue weighted by atomic mass is 10.1. The Morgan fingerprint density at radius 1 is 1.36 bits per heavy atom. The van der Waals surface area contributed by atoms with Crippen LogP contribution in [0.4, 0.5) is 0 Å². The Kier molecular flexibility index (Phi) is 5.97. The van der Waals surface area contributed by atoms with Crippen molar-refractivity contribution in [3.05, 3.63) is 45.4 Å². The Balaban J connectivity index is 1.56. The van der Waals surface area contributed by atoms with Crippen LogP contribution in [0.5, 0.6) is 5.75 Å². The largest absolute Gasteiger partial charge is 0.486 e. The summed E-state index contributed by atoms with van der Waals surface area (Å²) in [7, 11) is 0. The van der Waals surface area contributed by atoms with Crippen molar-refractivity contribution in [2.24, 2.45) is 5.92 Å². The molecule has 0 spiro atoms. The fourth-order valence-electron chi connectivity index (χ4n) is 2.61. The minimum atomic E-state index is 0.240. The maximum absolute atomic E-state index is 12.5. The van der Waals surface area contributed by atoms with Gasteiger partial charge in [0.05, 0.1) is 12.2 Å². The van der Waals surface area contributed by atoms with Gasteiger partial charge in [0.2, 0.25) is 5.91 Å². The molecule has 3 rings (SSSR count). The molecule has 4 nitrogen and oxygen atoms in total. The number of ether oxygens (including phenoxy) is 1. The van der Waals surface area contributed by atoms with E-state index in [9.17, 15) is 4.79 Å². The highest BCUT2D eigenvalue weighted by Crippen LogP contribution is 2.30. The van der Waals surface area contributed by atoms with Gasteiger partial charge in [0.25, 0.3) is 0 Å². The summed E-state index contributed by atoms with van der Waals surface area (Å²) in [5.74, 6) is 1.39. The van der Waals surface area contributed by atoms with Crippen molar-refractivity contribution in [3.63, 3.8) is 0 Å². The molecule has 1 aliphatic rings. The van der Waals surface area contributed by atoms with Crippen LogP contribution in [0.3, 0.4) is 0 Å². The number of aromatic nitrogens is 1. The van der Waals surface area contributed by atoms with E-state index < -0.39 is 0 Å². The van der Waals surface area contributed by atoms with E-state index in [-0.39, 0.29) is 5.91 Å². The molecule has 1 fully saturated rings. The quantitative estimate of drug-likeness (QED) is 0.655. The summed E-state index contributed by atoms with van der Waals surface area (Å²) in [6.07, 6.45) is 2.83. The Morgan fingerprint density at radius 3 is 2.72 bits per heavy atom. The van der Waals surface area contributed by atoms with E-state index in [2.05, 4.69) is 18.8 Å². The molecule has 134 valence electrons. The first-order valence-electron chi connectivity index (χ1n) is 8.62. The van der Waals surface area contributed by atoms with Crippen LogP contribution in [-0.4, -0.2) is 21.8 Å². The van der Waals surface area contributed by atoms with Crippen molar-refractivity contribution in [2.75, 3.05) is 0 Å². The molecule has 1 aliphatic carbocycles. The van der Waals surface area contributed by atoms with E-state index in [4.69, 9.17) is 16.3 Å². The minimum absolute atomic E-state index is 0.240. The maximum atomic E-state index is 12.5. The van der Waals surface area contributed by atoms with Crippen molar-refractivity contribution in [3.8, 4) is 5.75 Å². The Labute approximate surface area is 157 Å². The number of nitrogens with zero attached hydrogens (tertiary/aromatic N) is 2. The predicted octanol–water partition coefficient (Wildman–Crippen LogP) is 4.91. The lowest BCUT2D eigenvalue weighted by Crippen LogP contribution is -2.33. The summed E-state index contributed by atoms with van der Waals surface area (Å²) in [5.41, 5.74) is 0.948. The molecule has 0 atom stereocenters. The van der Waals surface area contributed by atoms with E-state index in [0.717, 1.165) is 29.3 Å². The third kappa shape index (κ3) is 5.44. The Hall–Kier alpha value is -1.59. The third-order valence-corrected chi connectivity index (χ3v) is 5.12. The van der Waals surface area contributed by atoms with Gasteiger partial charge in [-0.1, -0.05) is 25.4 Å². The predicted molar refractivity (Wildman–Crippen MR) is 101 cm³/mol. The number of hydrogen-bond acceptors (Lipinski definition) is 4. The summed E-state index contributed by atoms with van der Waals surface area (Å²) in [5, 5.41) is 3.63. The summed E-state index contributed by atoms with van der Waals surface area (Å²) in [6, 6.07) is 7.70. The monoisotopic (exact) mass is 378 g/mol. The van der Waals surface area contributed by atoms with E-state index in [1.807, 2.05) is 22.4 Å². The SMILES string of the molecule is CC(C)CC(=O)N(Cc1csc(COc2ccc(Cl)cc2)n1)C1CC1. The lowest BCUT2D eigenvalue weighted by molar-refractivity contribution is -0.133. The van der Waals surface area contributed by atoms with Gasteiger partial charge in [-0.05, 0) is 43.0 Å². The molecule has 1 heterocycles. The average Bonchev–Trinajstić information content (AvgIpc) is 3.31. The average molecular weight is 379 g/mol. The highest BCUT2D eigenvalue weighted by molar-refractivity contribution is 7.09. The summed E-state index contributed by atoms with van der Waals surface area (Å²) in [4.78, 5) is 19.1. The highest BCUT2D eigenvalue weighted by Gasteiger charge is 2.33. The summed E-state index contributed by atoms with van der Waals surface area (Å²) < 4.78 is 5.73. The van der Waals surface area contributed by atoms with Crippen LogP contribution < -0.4 is 4.74 Å². The van der Waals surface area contributed by atoms with Gasteiger partial charge < -0.3 is 9.64 Å². The first kappa shape index (κ1) is 18.2. The van der Waals surface area contributed by atoms with Crippen LogP contribution >= 0.6 is 22.9 Å². The van der Waals surface area contributed by atoms with E-state index in [1.54, 1.807) is 23.5 Å². The number of carbonyl (C=O) groups excluding carboxylic acids is 1. The molecule has 25 heavy (non-hydrogen) atoms. The Morgan fingerprint density at radius 2 is 2.08 bits per heavy atom. The maximum Gasteiger partial charge on any atom is 0.223 e. The number of hydrogen-bond donors (Lipinski definition) is 0. The van der Waals surface area contributed by atoms with Crippen molar-refractivity contribution in [1.29, 1.82) is 0 Å². The topological polar surface area (TPSA) is 42.4 Å². The number of benzene rings is 1. The van der Waals surface area contributed by atoms with Gasteiger partial charge >= 0.3 is 0 Å². The summed E-state index contributed by atoms with van der Waals surface area (Å²) in [6.45, 7) is 5.19. The third-order valence-electron chi connectivity index (χ3n) is 4.00. The molecule has 6 heteroatoms. The summed E-state index contributed by atoms with van der Waals surface area (Å²) >= 11 is 7.44. The van der Waals surface area contributed by atoms with Crippen LogP contribution in [0.15, 0.2) is 29.6 Å². The van der Waals surface area contributed by atoms with Gasteiger partial charge in [0, 0.05) is 22.9 Å². The zero-order valence-corrected chi connectivity index (χ0v) is 16.1. The van der Waals surface area contributed by atoms with E-state index in [1.165, 1.54) is 0 Å². The van der Waals surface area contributed by atoms with Gasteiger partial charge in [-0.25, -0.2) is 4.98 Å². The van der Waals surface area contributed by atoms with Gasteiger partial charge in [-0.3, -0.25) is 4.79 Å². The molecule has 0 aliphatic heterocycles. The number of halogens is 1. The number of carbonyl (C=O) groups is 1. The highest BCUT2D eigenvalue weighted by atomic mass is 35.5. The van der Waals surface area contributed by atoms with Crippen molar-refractivity contribution in [2.45, 2.75) is 52.3 Å². The fourth-order valence-corrected chi connectivity index (χ4v) is 3.43. The fraction of sp³-hybridized carbons (Fsp3) is 0.474. The first-order chi connectivity index (χ1) is 12.0. The normalized spacial score (nSPS) is 13.9. The molecule has 0 N–H and O–H groups in total. The molecular weight excluding hydrogens is 356 g/mol. The molecule has 1 amide bonds. The van der Waals surface area contributed by atoms with Crippen LogP contribution in [-0.2, 0) is 17.9 Å². The molecule has 0 bridgehead atoms. The van der Waals surface area contributed by atoms with Gasteiger partial charge in [-0.15, -0.1) is 11.3 Å². The van der Waals surface area contributed by atoms with E-state index in [0.29, 0.717) is 36.6 Å². The second kappa shape index (κ2) is 8.19. The second-order valence-electron chi connectivity index (χ2n) is 6.83. The molecular formula is C19H23ClN2O2S. The van der Waals surface area contributed by atoms with Gasteiger partial charge in [0.15, 0.2) is 0 Å². The lowest BCUT2D eigenvalue weighted by Gasteiger charge is -2.22. The van der Waals surface area contributed by atoms with Crippen molar-refractivity contribution < 1.29 is 9.53 Å². The Bertz CT molecular complexity index is 710. The first-order valence-corrected chi connectivity index (χ1v) is 9.88. The van der Waals surface area contributed by atoms with Crippen LogP contribution in [0, 0.1) is 5.92 Å². The molecule has 0 unspecified atom stereocenters. The number of rotatable bonds is 8. The van der Waals surface area contributed by atoms with Crippen LogP contribution in [0.2, 0.25) is 5.02 Å². The molecule has 2 aromatic rings. The molecule has 0 radical (unpaired) electrons. The van der Waals surface area contributed by atoms with Gasteiger partial charge in [0.1, 0.15) is 17.4 Å². The van der Waals surface area contributed by atoms with Crippen LogP contribution in [0.25, 0.3) is 0 Å². The molecule has 1 saturated carbocycles. The zero-order chi connectivity index (χ0) is 17.8. The smallest absolute Gasteiger partial charge is 0.223 e. The van der Waals surface area contributed by atoms with Gasteiger partial charge in [-0.2, -0.15) is 0 Å². The van der Waals surface area contributed by atoms with Crippen molar-refractivity contribution >= 4 is 28.8 Å². The molecule has 1 aromatic carbocycles. The number of thiazole rings is 1. The molecule has 1 aromatic heterocycles. The minimum Gasteiger partial charge on any atom is -0.486 e. The standard InChI is InChI=1S/C19H23ClN2O2S/c1-13(2)9-19(23)22(16-5-6-16)10-15-12-25-18(21-15)11-24-17-7-3-14(20)4-8-17/h3-4,7-8,12-13,16H,5-6,9-11H2,1-2H3. The van der Waals surface area contributed by atoms with Crippen molar-refractivity contribution in [1.82, 2.24) is 9.88 Å². The number of amides is 1. The zero-order valence-electron chi connectivity index (χ0n) is 14.6. The molecule has 0 saturated heterocycles.